The van der Waals surface area contributed by atoms with Crippen molar-refractivity contribution in [3.8, 4) is 11.5 Å². The van der Waals surface area contributed by atoms with Crippen molar-refractivity contribution >= 4 is 46.0 Å². The Balaban J connectivity index is 1.70. The number of hydrogen-bond acceptors (Lipinski definition) is 5. The van der Waals surface area contributed by atoms with Gasteiger partial charge in [0.25, 0.3) is 5.69 Å². The van der Waals surface area contributed by atoms with E-state index in [9.17, 15) is 10.1 Å². The average Bonchev–Trinajstić information content (AvgIpc) is 2.96. The van der Waals surface area contributed by atoms with Gasteiger partial charge in [0, 0.05) is 23.5 Å². The monoisotopic (exact) mass is 351 g/mol. The summed E-state index contributed by atoms with van der Waals surface area (Å²) >= 11 is 11.0. The number of nitro groups is 1. The molecule has 0 spiro atoms. The van der Waals surface area contributed by atoms with E-state index in [-0.39, 0.29) is 22.6 Å². The third kappa shape index (κ3) is 3.43. The van der Waals surface area contributed by atoms with Gasteiger partial charge in [-0.2, -0.15) is 0 Å². The molecule has 0 unspecified atom stereocenters. The minimum atomic E-state index is -0.554. The number of rotatable bonds is 3. The van der Waals surface area contributed by atoms with E-state index in [2.05, 4.69) is 10.6 Å². The number of halogens is 1. The summed E-state index contributed by atoms with van der Waals surface area (Å²) < 4.78 is 10.5. The van der Waals surface area contributed by atoms with Crippen molar-refractivity contribution in [2.75, 3.05) is 17.4 Å². The number of ether oxygens (including phenoxy) is 2. The van der Waals surface area contributed by atoms with Crippen molar-refractivity contribution in [2.45, 2.75) is 0 Å². The fraction of sp³-hybridized carbons (Fsp3) is 0.0714. The molecule has 0 bridgehead atoms. The maximum absolute atomic E-state index is 10.9. The molecule has 9 heteroatoms. The molecule has 0 aliphatic carbocycles. The highest BCUT2D eigenvalue weighted by molar-refractivity contribution is 7.80. The van der Waals surface area contributed by atoms with Gasteiger partial charge in [0.15, 0.2) is 16.6 Å². The van der Waals surface area contributed by atoms with Crippen LogP contribution in [-0.2, 0) is 0 Å². The maximum atomic E-state index is 10.9. The molecule has 0 radical (unpaired) electrons. The molecule has 3 rings (SSSR count). The molecule has 0 atom stereocenters. The smallest absolute Gasteiger partial charge is 0.289 e. The van der Waals surface area contributed by atoms with Crippen LogP contribution < -0.4 is 20.1 Å². The van der Waals surface area contributed by atoms with E-state index in [1.165, 1.54) is 12.1 Å². The van der Waals surface area contributed by atoms with E-state index < -0.39 is 4.92 Å². The highest BCUT2D eigenvalue weighted by atomic mass is 35.5. The Morgan fingerprint density at radius 2 is 1.78 bits per heavy atom. The van der Waals surface area contributed by atoms with E-state index in [1.54, 1.807) is 24.3 Å². The second-order valence-electron chi connectivity index (χ2n) is 4.57. The predicted octanol–water partition coefficient (Wildman–Crippen LogP) is 3.79. The summed E-state index contributed by atoms with van der Waals surface area (Å²) in [5.74, 6) is 1.29. The fourth-order valence-corrected chi connectivity index (χ4v) is 2.42. The van der Waals surface area contributed by atoms with Crippen LogP contribution in [0.2, 0.25) is 5.02 Å². The van der Waals surface area contributed by atoms with Crippen molar-refractivity contribution in [3.63, 3.8) is 0 Å². The average molecular weight is 352 g/mol. The number of benzene rings is 2. The summed E-state index contributed by atoms with van der Waals surface area (Å²) in [5.41, 5.74) is 0.970. The molecule has 0 saturated heterocycles. The number of fused-ring (bicyclic) bond motifs is 1. The van der Waals surface area contributed by atoms with Gasteiger partial charge in [-0.15, -0.1) is 0 Å². The molecule has 23 heavy (non-hydrogen) atoms. The summed E-state index contributed by atoms with van der Waals surface area (Å²) in [6.45, 7) is 0.190. The van der Waals surface area contributed by atoms with Gasteiger partial charge in [-0.05, 0) is 36.5 Å². The second kappa shape index (κ2) is 6.27. The Hall–Kier alpha value is -2.58. The van der Waals surface area contributed by atoms with Crippen LogP contribution in [0.25, 0.3) is 0 Å². The third-order valence-corrected chi connectivity index (χ3v) is 3.55. The van der Waals surface area contributed by atoms with Gasteiger partial charge in [0.05, 0.1) is 4.92 Å². The number of nitrogens with one attached hydrogen (secondary N) is 2. The van der Waals surface area contributed by atoms with Gasteiger partial charge in [-0.3, -0.25) is 10.1 Å². The standard InChI is InChI=1S/C14H10ClN3O4S/c15-10-3-1-8(5-11(10)18(19)20)16-14(23)17-9-2-4-12-13(6-9)22-7-21-12/h1-6H,7H2,(H2,16,17,23). The minimum absolute atomic E-state index is 0.0650. The molecule has 0 saturated carbocycles. The molecule has 2 N–H and O–H groups in total. The van der Waals surface area contributed by atoms with Crippen molar-refractivity contribution < 1.29 is 14.4 Å². The zero-order valence-corrected chi connectivity index (χ0v) is 13.1. The van der Waals surface area contributed by atoms with E-state index in [0.717, 1.165) is 0 Å². The van der Waals surface area contributed by atoms with E-state index in [1.807, 2.05) is 0 Å². The molecule has 0 aromatic heterocycles. The number of nitrogens with zero attached hydrogens (tertiary/aromatic N) is 1. The van der Waals surface area contributed by atoms with Crippen LogP contribution in [-0.4, -0.2) is 16.8 Å². The zero-order valence-electron chi connectivity index (χ0n) is 11.5. The second-order valence-corrected chi connectivity index (χ2v) is 5.39. The third-order valence-electron chi connectivity index (χ3n) is 3.03. The molecule has 1 heterocycles. The van der Waals surface area contributed by atoms with Crippen molar-refractivity contribution in [1.82, 2.24) is 0 Å². The summed E-state index contributed by atoms with van der Waals surface area (Å²) in [4.78, 5) is 10.3. The number of nitro benzene ring substituents is 1. The zero-order chi connectivity index (χ0) is 16.4. The van der Waals surface area contributed by atoms with Crippen LogP contribution in [0.3, 0.4) is 0 Å². The number of thiocarbonyl (C=S) groups is 1. The van der Waals surface area contributed by atoms with Crippen molar-refractivity contribution in [2.24, 2.45) is 0 Å². The van der Waals surface area contributed by atoms with Crippen molar-refractivity contribution in [1.29, 1.82) is 0 Å². The lowest BCUT2D eigenvalue weighted by Gasteiger charge is -2.11. The molecular weight excluding hydrogens is 342 g/mol. The molecular formula is C14H10ClN3O4S. The Morgan fingerprint density at radius 3 is 2.52 bits per heavy atom. The highest BCUT2D eigenvalue weighted by Gasteiger charge is 2.15. The predicted molar refractivity (Wildman–Crippen MR) is 90.5 cm³/mol. The number of anilines is 2. The summed E-state index contributed by atoms with van der Waals surface area (Å²) in [6.07, 6.45) is 0. The Morgan fingerprint density at radius 1 is 1.13 bits per heavy atom. The van der Waals surface area contributed by atoms with Crippen LogP contribution in [0, 0.1) is 10.1 Å². The topological polar surface area (TPSA) is 85.7 Å². The largest absolute Gasteiger partial charge is 0.454 e. The summed E-state index contributed by atoms with van der Waals surface area (Å²) in [5, 5.41) is 17.1. The van der Waals surface area contributed by atoms with Crippen LogP contribution >= 0.6 is 23.8 Å². The molecule has 2 aromatic rings. The van der Waals surface area contributed by atoms with Crippen LogP contribution in [0.1, 0.15) is 0 Å². The van der Waals surface area contributed by atoms with Gasteiger partial charge in [0.1, 0.15) is 5.02 Å². The molecule has 1 aliphatic heterocycles. The van der Waals surface area contributed by atoms with Gasteiger partial charge in [-0.25, -0.2) is 0 Å². The lowest BCUT2D eigenvalue weighted by Crippen LogP contribution is -2.19. The number of hydrogen-bond donors (Lipinski definition) is 2. The van der Waals surface area contributed by atoms with Gasteiger partial charge in [-0.1, -0.05) is 11.6 Å². The first kappa shape index (κ1) is 15.3. The molecule has 0 fully saturated rings. The molecule has 118 valence electrons. The maximum Gasteiger partial charge on any atom is 0.289 e. The van der Waals surface area contributed by atoms with E-state index in [0.29, 0.717) is 22.9 Å². The van der Waals surface area contributed by atoms with Crippen LogP contribution in [0.4, 0.5) is 17.1 Å². The molecule has 2 aromatic carbocycles. The normalized spacial score (nSPS) is 11.9. The fourth-order valence-electron chi connectivity index (χ4n) is 2.00. The van der Waals surface area contributed by atoms with Crippen LogP contribution in [0.15, 0.2) is 36.4 Å². The quantitative estimate of drug-likeness (QED) is 0.494. The molecule has 7 nitrogen and oxygen atoms in total. The van der Waals surface area contributed by atoms with Gasteiger partial charge < -0.3 is 20.1 Å². The first-order chi connectivity index (χ1) is 11.0. The molecule has 1 aliphatic rings. The first-order valence-corrected chi connectivity index (χ1v) is 7.23. The van der Waals surface area contributed by atoms with E-state index >= 15 is 0 Å². The SMILES string of the molecule is O=[N+]([O-])c1cc(NC(=S)Nc2ccc3c(c2)OCO3)ccc1Cl. The van der Waals surface area contributed by atoms with Gasteiger partial charge in [0.2, 0.25) is 6.79 Å². The summed E-state index contributed by atoms with van der Waals surface area (Å²) in [6, 6.07) is 9.65. The van der Waals surface area contributed by atoms with E-state index in [4.69, 9.17) is 33.3 Å². The molecule has 0 amide bonds. The highest BCUT2D eigenvalue weighted by Crippen LogP contribution is 2.34. The first-order valence-electron chi connectivity index (χ1n) is 6.44. The lowest BCUT2D eigenvalue weighted by molar-refractivity contribution is -0.384. The minimum Gasteiger partial charge on any atom is -0.454 e. The summed E-state index contributed by atoms with van der Waals surface area (Å²) in [7, 11) is 0. The lowest BCUT2D eigenvalue weighted by atomic mass is 10.2. The Bertz CT molecular complexity index is 800. The van der Waals surface area contributed by atoms with Crippen molar-refractivity contribution in [3.05, 3.63) is 51.5 Å². The van der Waals surface area contributed by atoms with Crippen LogP contribution in [0.5, 0.6) is 11.5 Å². The van der Waals surface area contributed by atoms with Gasteiger partial charge >= 0.3 is 0 Å². The Labute approximate surface area is 141 Å². The Kier molecular flexibility index (Phi) is 4.18.